The van der Waals surface area contributed by atoms with E-state index in [2.05, 4.69) is 46.7 Å². The molecule has 26 heavy (non-hydrogen) atoms. The Labute approximate surface area is 161 Å². The third kappa shape index (κ3) is 5.37. The molecule has 1 amide bonds. The summed E-state index contributed by atoms with van der Waals surface area (Å²) in [6.07, 6.45) is 1.66. The van der Waals surface area contributed by atoms with Gasteiger partial charge in [-0.1, -0.05) is 47.7 Å². The second-order valence-electron chi connectivity index (χ2n) is 5.62. The van der Waals surface area contributed by atoms with Gasteiger partial charge < -0.3 is 5.32 Å². The van der Waals surface area contributed by atoms with Gasteiger partial charge in [0.15, 0.2) is 5.16 Å². The molecule has 5 nitrogen and oxygen atoms in total. The molecule has 3 aromatic rings. The Morgan fingerprint density at radius 2 is 1.85 bits per heavy atom. The van der Waals surface area contributed by atoms with E-state index < -0.39 is 0 Å². The Morgan fingerprint density at radius 1 is 1.08 bits per heavy atom. The molecule has 1 heterocycles. The lowest BCUT2D eigenvalue weighted by molar-refractivity contribution is -0.118. The Balaban J connectivity index is 1.41. The number of nitrogens with zero attached hydrogens (tertiary/aromatic N) is 3. The van der Waals surface area contributed by atoms with Crippen LogP contribution in [0.4, 0.5) is 0 Å². The van der Waals surface area contributed by atoms with Gasteiger partial charge in [-0.3, -0.25) is 9.36 Å². The van der Waals surface area contributed by atoms with E-state index in [4.69, 9.17) is 0 Å². The van der Waals surface area contributed by atoms with Crippen molar-refractivity contribution in [3.05, 3.63) is 66.5 Å². The molecular formula is C19H20N4OS2. The zero-order valence-corrected chi connectivity index (χ0v) is 16.1. The van der Waals surface area contributed by atoms with Crippen LogP contribution in [0, 0.1) is 6.92 Å². The minimum atomic E-state index is 0.00196. The maximum atomic E-state index is 12.0. The van der Waals surface area contributed by atoms with Gasteiger partial charge in [0.25, 0.3) is 0 Å². The molecule has 0 saturated carbocycles. The lowest BCUT2D eigenvalue weighted by Gasteiger charge is -2.07. The molecule has 0 unspecified atom stereocenters. The number of aromatic nitrogens is 3. The Morgan fingerprint density at radius 3 is 2.62 bits per heavy atom. The maximum absolute atomic E-state index is 12.0. The molecule has 0 atom stereocenters. The minimum absolute atomic E-state index is 0.00196. The summed E-state index contributed by atoms with van der Waals surface area (Å²) in [5, 5.41) is 11.7. The van der Waals surface area contributed by atoms with E-state index in [0.717, 1.165) is 11.4 Å². The van der Waals surface area contributed by atoms with Gasteiger partial charge >= 0.3 is 0 Å². The van der Waals surface area contributed by atoms with Gasteiger partial charge in [-0.05, 0) is 31.2 Å². The lowest BCUT2D eigenvalue weighted by atomic mass is 10.2. The molecule has 1 aromatic heterocycles. The van der Waals surface area contributed by atoms with Crippen LogP contribution in [0.2, 0.25) is 0 Å². The van der Waals surface area contributed by atoms with Crippen LogP contribution < -0.4 is 5.32 Å². The first-order valence-electron chi connectivity index (χ1n) is 8.27. The summed E-state index contributed by atoms with van der Waals surface area (Å²) >= 11 is 3.12. The molecule has 2 aromatic carbocycles. The third-order valence-corrected chi connectivity index (χ3v) is 5.55. The summed E-state index contributed by atoms with van der Waals surface area (Å²) in [4.78, 5) is 13.3. The standard InChI is InChI=1S/C19H20N4OS2/c1-15-7-9-17(10-8-15)25-12-11-20-18(24)13-26-19-22-21-14-23(19)16-5-3-2-4-6-16/h2-10,14H,11-13H2,1H3,(H,20,24). The average molecular weight is 385 g/mol. The monoisotopic (exact) mass is 384 g/mol. The molecule has 0 fully saturated rings. The van der Waals surface area contributed by atoms with Crippen LogP contribution in [0.5, 0.6) is 0 Å². The molecule has 0 spiro atoms. The zero-order valence-electron chi connectivity index (χ0n) is 14.5. The first-order chi connectivity index (χ1) is 12.7. The van der Waals surface area contributed by atoms with Crippen molar-refractivity contribution in [3.63, 3.8) is 0 Å². The SMILES string of the molecule is Cc1ccc(SCCNC(=O)CSc2nncn2-c2ccccc2)cc1. The fourth-order valence-electron chi connectivity index (χ4n) is 2.26. The van der Waals surface area contributed by atoms with E-state index in [9.17, 15) is 4.79 Å². The summed E-state index contributed by atoms with van der Waals surface area (Å²) < 4.78 is 1.88. The average Bonchev–Trinajstić information content (AvgIpc) is 3.14. The van der Waals surface area contributed by atoms with E-state index in [1.54, 1.807) is 18.1 Å². The van der Waals surface area contributed by atoms with Crippen molar-refractivity contribution >= 4 is 29.4 Å². The number of benzene rings is 2. The Kier molecular flexibility index (Phi) is 6.74. The maximum Gasteiger partial charge on any atom is 0.230 e. The van der Waals surface area contributed by atoms with E-state index in [1.165, 1.54) is 22.2 Å². The van der Waals surface area contributed by atoms with Crippen molar-refractivity contribution < 1.29 is 4.79 Å². The molecule has 3 rings (SSSR count). The normalized spacial score (nSPS) is 10.7. The van der Waals surface area contributed by atoms with Crippen molar-refractivity contribution in [1.29, 1.82) is 0 Å². The van der Waals surface area contributed by atoms with Gasteiger partial charge in [-0.2, -0.15) is 0 Å². The van der Waals surface area contributed by atoms with E-state index in [1.807, 2.05) is 34.9 Å². The number of para-hydroxylation sites is 1. The summed E-state index contributed by atoms with van der Waals surface area (Å²) in [5.41, 5.74) is 2.23. The highest BCUT2D eigenvalue weighted by atomic mass is 32.2. The van der Waals surface area contributed by atoms with Crippen molar-refractivity contribution in [1.82, 2.24) is 20.1 Å². The van der Waals surface area contributed by atoms with Gasteiger partial charge in [0.2, 0.25) is 5.91 Å². The quantitative estimate of drug-likeness (QED) is 0.475. The highest BCUT2D eigenvalue weighted by Gasteiger charge is 2.09. The van der Waals surface area contributed by atoms with Crippen LogP contribution in [-0.2, 0) is 4.79 Å². The van der Waals surface area contributed by atoms with Crippen LogP contribution in [0.1, 0.15) is 5.56 Å². The summed E-state index contributed by atoms with van der Waals surface area (Å²) in [7, 11) is 0. The Hall–Kier alpha value is -2.25. The molecule has 0 aliphatic carbocycles. The number of hydrogen-bond acceptors (Lipinski definition) is 5. The molecule has 1 N–H and O–H groups in total. The fourth-order valence-corrected chi connectivity index (χ4v) is 3.79. The predicted molar refractivity (Wildman–Crippen MR) is 107 cm³/mol. The molecular weight excluding hydrogens is 364 g/mol. The molecule has 0 radical (unpaired) electrons. The second kappa shape index (κ2) is 9.45. The van der Waals surface area contributed by atoms with Gasteiger partial charge in [0.05, 0.1) is 5.75 Å². The number of rotatable bonds is 8. The first-order valence-corrected chi connectivity index (χ1v) is 10.2. The van der Waals surface area contributed by atoms with Gasteiger partial charge in [-0.25, -0.2) is 0 Å². The fraction of sp³-hybridized carbons (Fsp3) is 0.211. The number of carbonyl (C=O) groups excluding carboxylic acids is 1. The largest absolute Gasteiger partial charge is 0.355 e. The molecule has 134 valence electrons. The molecule has 0 aliphatic rings. The first kappa shape index (κ1) is 18.5. The summed E-state index contributed by atoms with van der Waals surface area (Å²) in [5.74, 6) is 1.17. The van der Waals surface area contributed by atoms with Crippen LogP contribution in [0.3, 0.4) is 0 Å². The molecule has 0 aliphatic heterocycles. The summed E-state index contributed by atoms with van der Waals surface area (Å²) in [6.45, 7) is 2.72. The van der Waals surface area contributed by atoms with Crippen LogP contribution in [-0.4, -0.2) is 38.7 Å². The highest BCUT2D eigenvalue weighted by molar-refractivity contribution is 7.99. The third-order valence-electron chi connectivity index (χ3n) is 3.60. The predicted octanol–water partition coefficient (Wildman–Crippen LogP) is 3.58. The van der Waals surface area contributed by atoms with E-state index in [-0.39, 0.29) is 5.91 Å². The van der Waals surface area contributed by atoms with Crippen molar-refractivity contribution in [2.75, 3.05) is 18.1 Å². The number of nitrogens with one attached hydrogen (secondary N) is 1. The minimum Gasteiger partial charge on any atom is -0.355 e. The zero-order chi connectivity index (χ0) is 18.2. The summed E-state index contributed by atoms with van der Waals surface area (Å²) in [6, 6.07) is 18.3. The smallest absolute Gasteiger partial charge is 0.230 e. The van der Waals surface area contributed by atoms with E-state index in [0.29, 0.717) is 17.5 Å². The molecule has 0 bridgehead atoms. The van der Waals surface area contributed by atoms with Gasteiger partial charge in [0, 0.05) is 22.9 Å². The topological polar surface area (TPSA) is 59.8 Å². The lowest BCUT2D eigenvalue weighted by Crippen LogP contribution is -2.27. The van der Waals surface area contributed by atoms with E-state index >= 15 is 0 Å². The van der Waals surface area contributed by atoms with Crippen molar-refractivity contribution in [3.8, 4) is 5.69 Å². The van der Waals surface area contributed by atoms with Gasteiger partial charge in [-0.15, -0.1) is 22.0 Å². The highest BCUT2D eigenvalue weighted by Crippen LogP contribution is 2.19. The number of hydrogen-bond donors (Lipinski definition) is 1. The van der Waals surface area contributed by atoms with Crippen LogP contribution in [0.25, 0.3) is 5.69 Å². The van der Waals surface area contributed by atoms with Crippen molar-refractivity contribution in [2.24, 2.45) is 0 Å². The molecule has 7 heteroatoms. The van der Waals surface area contributed by atoms with Gasteiger partial charge in [0.1, 0.15) is 6.33 Å². The Bertz CT molecular complexity index is 834. The van der Waals surface area contributed by atoms with Crippen LogP contribution in [0.15, 0.2) is 71.0 Å². The molecule has 0 saturated heterocycles. The van der Waals surface area contributed by atoms with Crippen LogP contribution >= 0.6 is 23.5 Å². The second-order valence-corrected chi connectivity index (χ2v) is 7.73. The number of aryl methyl sites for hydroxylation is 1. The number of carbonyl (C=O) groups is 1. The number of amides is 1. The van der Waals surface area contributed by atoms with Crippen molar-refractivity contribution in [2.45, 2.75) is 17.0 Å². The number of thioether (sulfide) groups is 2.